The summed E-state index contributed by atoms with van der Waals surface area (Å²) >= 11 is 0. The Hall–Kier alpha value is -0.0800. The Morgan fingerprint density at radius 1 is 1.18 bits per heavy atom. The number of likely N-dealkylation sites (tertiary alicyclic amines) is 1. The van der Waals surface area contributed by atoms with E-state index in [4.69, 9.17) is 5.73 Å². The highest BCUT2D eigenvalue weighted by molar-refractivity contribution is 4.86. The summed E-state index contributed by atoms with van der Waals surface area (Å²) in [6, 6.07) is 1.38. The van der Waals surface area contributed by atoms with E-state index in [1.165, 1.54) is 51.5 Å². The number of rotatable bonds is 8. The molecule has 1 aliphatic rings. The van der Waals surface area contributed by atoms with Gasteiger partial charge in [-0.3, -0.25) is 4.90 Å². The first-order valence-electron chi connectivity index (χ1n) is 7.64. The monoisotopic (exact) mass is 240 g/mol. The lowest BCUT2D eigenvalue weighted by Crippen LogP contribution is -2.42. The molecule has 0 radical (unpaired) electrons. The summed E-state index contributed by atoms with van der Waals surface area (Å²) in [6.45, 7) is 9.10. The van der Waals surface area contributed by atoms with E-state index >= 15 is 0 Å². The van der Waals surface area contributed by atoms with E-state index in [2.05, 4.69) is 25.7 Å². The van der Waals surface area contributed by atoms with Crippen LogP contribution in [0.2, 0.25) is 0 Å². The van der Waals surface area contributed by atoms with Crippen LogP contribution in [-0.2, 0) is 0 Å². The first-order valence-corrected chi connectivity index (χ1v) is 7.64. The van der Waals surface area contributed by atoms with Crippen LogP contribution in [0, 0.1) is 5.92 Å². The van der Waals surface area contributed by atoms with Crippen molar-refractivity contribution in [3.8, 4) is 0 Å². The molecule has 2 nitrogen and oxygen atoms in total. The van der Waals surface area contributed by atoms with Crippen molar-refractivity contribution in [3.63, 3.8) is 0 Å². The Bertz CT molecular complexity index is 193. The van der Waals surface area contributed by atoms with Gasteiger partial charge in [0.05, 0.1) is 0 Å². The van der Waals surface area contributed by atoms with E-state index in [1.54, 1.807) is 0 Å². The molecule has 0 saturated carbocycles. The number of hydrogen-bond acceptors (Lipinski definition) is 2. The van der Waals surface area contributed by atoms with Gasteiger partial charge in [0.15, 0.2) is 0 Å². The number of nitrogens with two attached hydrogens (primary N) is 1. The van der Waals surface area contributed by atoms with Crippen LogP contribution in [-0.4, -0.2) is 30.1 Å². The van der Waals surface area contributed by atoms with Gasteiger partial charge >= 0.3 is 0 Å². The predicted octanol–water partition coefficient (Wildman–Crippen LogP) is 3.40. The van der Waals surface area contributed by atoms with Crippen molar-refractivity contribution < 1.29 is 0 Å². The first kappa shape index (κ1) is 15.0. The summed E-state index contributed by atoms with van der Waals surface area (Å²) in [5.41, 5.74) is 5.96. The first-order chi connectivity index (χ1) is 8.19. The van der Waals surface area contributed by atoms with Crippen LogP contribution in [0.3, 0.4) is 0 Å². The fraction of sp³-hybridized carbons (Fsp3) is 1.00. The van der Waals surface area contributed by atoms with Crippen LogP contribution < -0.4 is 5.73 Å². The summed E-state index contributed by atoms with van der Waals surface area (Å²) in [5, 5.41) is 0. The van der Waals surface area contributed by atoms with Gasteiger partial charge < -0.3 is 5.73 Å². The van der Waals surface area contributed by atoms with Gasteiger partial charge in [-0.25, -0.2) is 0 Å². The molecule has 2 N–H and O–H groups in total. The lowest BCUT2D eigenvalue weighted by Gasteiger charge is -2.30. The van der Waals surface area contributed by atoms with Crippen molar-refractivity contribution in [2.75, 3.05) is 13.1 Å². The zero-order chi connectivity index (χ0) is 12.7. The Labute approximate surface area is 108 Å². The van der Waals surface area contributed by atoms with Gasteiger partial charge in [-0.1, -0.05) is 46.0 Å². The average Bonchev–Trinajstić information content (AvgIpc) is 2.63. The fourth-order valence-electron chi connectivity index (χ4n) is 3.24. The van der Waals surface area contributed by atoms with Crippen LogP contribution in [0.25, 0.3) is 0 Å². The highest BCUT2D eigenvalue weighted by Gasteiger charge is 2.30. The van der Waals surface area contributed by atoms with Crippen LogP contribution >= 0.6 is 0 Å². The van der Waals surface area contributed by atoms with Crippen molar-refractivity contribution in [1.29, 1.82) is 0 Å². The molecule has 1 heterocycles. The van der Waals surface area contributed by atoms with Crippen molar-refractivity contribution in [2.24, 2.45) is 11.7 Å². The Kier molecular flexibility index (Phi) is 7.14. The predicted molar refractivity (Wildman–Crippen MR) is 76.2 cm³/mol. The minimum Gasteiger partial charge on any atom is -0.329 e. The molecule has 1 aliphatic heterocycles. The van der Waals surface area contributed by atoms with E-state index in [0.29, 0.717) is 6.04 Å². The molecule has 0 spiro atoms. The Morgan fingerprint density at radius 3 is 2.41 bits per heavy atom. The van der Waals surface area contributed by atoms with Gasteiger partial charge in [-0.15, -0.1) is 0 Å². The quantitative estimate of drug-likeness (QED) is 0.659. The lowest BCUT2D eigenvalue weighted by atomic mass is 10.0. The molecular formula is C15H32N2. The summed E-state index contributed by atoms with van der Waals surface area (Å²) in [5.74, 6) is 0.860. The topological polar surface area (TPSA) is 29.3 Å². The molecule has 0 aromatic rings. The molecule has 3 unspecified atom stereocenters. The van der Waals surface area contributed by atoms with Gasteiger partial charge in [0, 0.05) is 25.2 Å². The lowest BCUT2D eigenvalue weighted by molar-refractivity contribution is 0.178. The highest BCUT2D eigenvalue weighted by Crippen LogP contribution is 2.26. The van der Waals surface area contributed by atoms with E-state index in [0.717, 1.165) is 18.5 Å². The number of hydrogen-bond donors (Lipinski definition) is 1. The smallest absolute Gasteiger partial charge is 0.0221 e. The molecular weight excluding hydrogens is 208 g/mol. The maximum Gasteiger partial charge on any atom is 0.0221 e. The molecule has 2 heteroatoms. The summed E-state index contributed by atoms with van der Waals surface area (Å²) in [6.07, 6.45) is 9.54. The summed E-state index contributed by atoms with van der Waals surface area (Å²) in [4.78, 5) is 2.66. The standard InChI is InChI=1S/C15H32N2/c1-4-5-6-7-8-9-15(11-16)17-12-13(2)10-14(17)3/h13-15H,4-12,16H2,1-3H3. The molecule has 0 aliphatic carbocycles. The van der Waals surface area contributed by atoms with E-state index in [9.17, 15) is 0 Å². The molecule has 1 saturated heterocycles. The van der Waals surface area contributed by atoms with Crippen LogP contribution in [0.4, 0.5) is 0 Å². The molecule has 102 valence electrons. The van der Waals surface area contributed by atoms with Gasteiger partial charge in [0.1, 0.15) is 0 Å². The second kappa shape index (κ2) is 8.10. The minimum atomic E-state index is 0.636. The van der Waals surface area contributed by atoms with E-state index in [1.807, 2.05) is 0 Å². The maximum absolute atomic E-state index is 5.96. The van der Waals surface area contributed by atoms with Gasteiger partial charge in [-0.05, 0) is 25.7 Å². The van der Waals surface area contributed by atoms with Crippen LogP contribution in [0.1, 0.15) is 65.7 Å². The minimum absolute atomic E-state index is 0.636. The number of nitrogens with zero attached hydrogens (tertiary/aromatic N) is 1. The van der Waals surface area contributed by atoms with Gasteiger partial charge in [0.2, 0.25) is 0 Å². The zero-order valence-corrected chi connectivity index (χ0v) is 12.1. The molecule has 1 fully saturated rings. The highest BCUT2D eigenvalue weighted by atomic mass is 15.2. The maximum atomic E-state index is 5.96. The third kappa shape index (κ3) is 4.97. The summed E-state index contributed by atoms with van der Waals surface area (Å²) in [7, 11) is 0. The molecule has 17 heavy (non-hydrogen) atoms. The van der Waals surface area contributed by atoms with Crippen molar-refractivity contribution >= 4 is 0 Å². The fourth-order valence-corrected chi connectivity index (χ4v) is 3.24. The Balaban J connectivity index is 2.23. The van der Waals surface area contributed by atoms with Crippen LogP contribution in [0.15, 0.2) is 0 Å². The normalized spacial score (nSPS) is 27.5. The molecule has 3 atom stereocenters. The van der Waals surface area contributed by atoms with E-state index in [-0.39, 0.29) is 0 Å². The van der Waals surface area contributed by atoms with E-state index < -0.39 is 0 Å². The van der Waals surface area contributed by atoms with Crippen molar-refractivity contribution in [3.05, 3.63) is 0 Å². The SMILES string of the molecule is CCCCCCCC(CN)N1CC(C)CC1C. The molecule has 0 aromatic heterocycles. The largest absolute Gasteiger partial charge is 0.329 e. The third-order valence-corrected chi connectivity index (χ3v) is 4.21. The van der Waals surface area contributed by atoms with Crippen molar-refractivity contribution in [1.82, 2.24) is 4.90 Å². The van der Waals surface area contributed by atoms with Crippen molar-refractivity contribution in [2.45, 2.75) is 77.8 Å². The second-order valence-corrected chi connectivity index (χ2v) is 5.98. The van der Waals surface area contributed by atoms with Gasteiger partial charge in [-0.2, -0.15) is 0 Å². The van der Waals surface area contributed by atoms with Gasteiger partial charge in [0.25, 0.3) is 0 Å². The zero-order valence-electron chi connectivity index (χ0n) is 12.1. The molecule has 0 bridgehead atoms. The average molecular weight is 240 g/mol. The molecule has 0 aromatic carbocycles. The van der Waals surface area contributed by atoms with Crippen LogP contribution in [0.5, 0.6) is 0 Å². The third-order valence-electron chi connectivity index (χ3n) is 4.21. The molecule has 0 amide bonds. The molecule has 1 rings (SSSR count). The Morgan fingerprint density at radius 2 is 1.88 bits per heavy atom. The number of unbranched alkanes of at least 4 members (excludes halogenated alkanes) is 4. The summed E-state index contributed by atoms with van der Waals surface area (Å²) < 4.78 is 0. The second-order valence-electron chi connectivity index (χ2n) is 5.98.